The molecule has 0 bridgehead atoms. The van der Waals surface area contributed by atoms with Gasteiger partial charge in [-0.3, -0.25) is 0 Å². The Balaban J connectivity index is 2.25. The van der Waals surface area contributed by atoms with Crippen molar-refractivity contribution in [2.45, 2.75) is 38.4 Å². The molecule has 1 aromatic rings. The highest BCUT2D eigenvalue weighted by Crippen LogP contribution is 2.31. The van der Waals surface area contributed by atoms with Gasteiger partial charge in [-0.05, 0) is 31.5 Å². The number of halogens is 1. The molecular weight excluding hydrogens is 273 g/mol. The first-order chi connectivity index (χ1) is 9.82. The quantitative estimate of drug-likeness (QED) is 0.894. The topological polar surface area (TPSA) is 52.9 Å². The van der Waals surface area contributed by atoms with E-state index in [1.807, 2.05) is 11.9 Å². The van der Waals surface area contributed by atoms with Crippen LogP contribution in [0.2, 0.25) is 0 Å². The zero-order valence-corrected chi connectivity index (χ0v) is 12.9. The van der Waals surface area contributed by atoms with Crippen LogP contribution >= 0.6 is 0 Å². The minimum atomic E-state index is -0.800. The third kappa shape index (κ3) is 3.73. The van der Waals surface area contributed by atoms with E-state index >= 15 is 0 Å². The zero-order valence-electron chi connectivity index (χ0n) is 12.9. The molecule has 2 N–H and O–H groups in total. The number of benzene rings is 1. The van der Waals surface area contributed by atoms with Crippen molar-refractivity contribution < 1.29 is 19.3 Å². The van der Waals surface area contributed by atoms with Crippen LogP contribution in [0.15, 0.2) is 12.1 Å². The molecule has 1 fully saturated rings. The SMILES string of the molecule is Cc1cc(N(C)CC2(O)CCOCC2)c([C@H](C)O)cc1F. The fourth-order valence-electron chi connectivity index (χ4n) is 2.78. The zero-order chi connectivity index (χ0) is 15.6. The summed E-state index contributed by atoms with van der Waals surface area (Å²) in [4.78, 5) is 1.89. The van der Waals surface area contributed by atoms with Crippen LogP contribution in [0.25, 0.3) is 0 Å². The number of ether oxygens (including phenoxy) is 1. The van der Waals surface area contributed by atoms with Crippen molar-refractivity contribution in [3.63, 3.8) is 0 Å². The first kappa shape index (κ1) is 16.2. The monoisotopic (exact) mass is 297 g/mol. The van der Waals surface area contributed by atoms with E-state index in [1.54, 1.807) is 19.9 Å². The Morgan fingerprint density at radius 1 is 1.38 bits per heavy atom. The molecule has 1 aliphatic rings. The van der Waals surface area contributed by atoms with Crippen molar-refractivity contribution in [1.82, 2.24) is 0 Å². The fraction of sp³-hybridized carbons (Fsp3) is 0.625. The normalized spacial score (nSPS) is 19.3. The average Bonchev–Trinajstić information content (AvgIpc) is 2.41. The molecule has 4 nitrogen and oxygen atoms in total. The number of hydrogen-bond donors (Lipinski definition) is 2. The molecule has 1 atom stereocenters. The molecule has 118 valence electrons. The van der Waals surface area contributed by atoms with Gasteiger partial charge in [-0.15, -0.1) is 0 Å². The summed E-state index contributed by atoms with van der Waals surface area (Å²) in [6.07, 6.45) is 0.408. The molecule has 1 aromatic carbocycles. The van der Waals surface area contributed by atoms with Gasteiger partial charge in [0.2, 0.25) is 0 Å². The third-order valence-electron chi connectivity index (χ3n) is 4.12. The van der Waals surface area contributed by atoms with Crippen LogP contribution in [-0.2, 0) is 4.74 Å². The minimum Gasteiger partial charge on any atom is -0.389 e. The number of anilines is 1. The van der Waals surface area contributed by atoms with E-state index in [1.165, 1.54) is 6.07 Å². The first-order valence-electron chi connectivity index (χ1n) is 7.32. The molecule has 5 heteroatoms. The van der Waals surface area contributed by atoms with E-state index in [2.05, 4.69) is 0 Å². The standard InChI is InChI=1S/C16H24FNO3/c1-11-8-15(13(12(2)19)9-14(11)17)18(3)10-16(20)4-6-21-7-5-16/h8-9,12,19-20H,4-7,10H2,1-3H3/t12-/m0/s1. The lowest BCUT2D eigenvalue weighted by Gasteiger charge is -2.37. The van der Waals surface area contributed by atoms with Gasteiger partial charge in [-0.1, -0.05) is 0 Å². The molecule has 0 spiro atoms. The summed E-state index contributed by atoms with van der Waals surface area (Å²) in [5, 5.41) is 20.5. The van der Waals surface area contributed by atoms with Crippen LogP contribution in [0, 0.1) is 12.7 Å². The van der Waals surface area contributed by atoms with E-state index in [0.717, 1.165) is 5.69 Å². The van der Waals surface area contributed by atoms with Gasteiger partial charge in [0.05, 0.1) is 11.7 Å². The molecule has 21 heavy (non-hydrogen) atoms. The molecule has 1 heterocycles. The second-order valence-corrected chi connectivity index (χ2v) is 6.03. The van der Waals surface area contributed by atoms with Crippen molar-refractivity contribution in [2.75, 3.05) is 31.7 Å². The fourth-order valence-corrected chi connectivity index (χ4v) is 2.78. The Morgan fingerprint density at radius 3 is 2.57 bits per heavy atom. The lowest BCUT2D eigenvalue weighted by Crippen LogP contribution is -2.46. The van der Waals surface area contributed by atoms with Crippen molar-refractivity contribution in [1.29, 1.82) is 0 Å². The van der Waals surface area contributed by atoms with E-state index in [4.69, 9.17) is 4.74 Å². The van der Waals surface area contributed by atoms with Crippen molar-refractivity contribution >= 4 is 5.69 Å². The molecule has 0 saturated carbocycles. The summed E-state index contributed by atoms with van der Waals surface area (Å²) in [6, 6.07) is 3.10. The summed E-state index contributed by atoms with van der Waals surface area (Å²) in [5.74, 6) is -0.326. The van der Waals surface area contributed by atoms with Gasteiger partial charge >= 0.3 is 0 Å². The van der Waals surface area contributed by atoms with Gasteiger partial charge in [-0.2, -0.15) is 0 Å². The van der Waals surface area contributed by atoms with Crippen LogP contribution < -0.4 is 4.90 Å². The number of aryl methyl sites for hydroxylation is 1. The Morgan fingerprint density at radius 2 is 2.00 bits per heavy atom. The number of likely N-dealkylation sites (N-methyl/N-ethyl adjacent to an activating group) is 1. The van der Waals surface area contributed by atoms with Gasteiger partial charge in [-0.25, -0.2) is 4.39 Å². The van der Waals surface area contributed by atoms with Gasteiger partial charge in [0.25, 0.3) is 0 Å². The highest BCUT2D eigenvalue weighted by atomic mass is 19.1. The van der Waals surface area contributed by atoms with Crippen LogP contribution in [-0.4, -0.2) is 42.6 Å². The number of hydrogen-bond acceptors (Lipinski definition) is 4. The number of aliphatic hydroxyl groups is 2. The van der Waals surface area contributed by atoms with Crippen LogP contribution in [0.3, 0.4) is 0 Å². The average molecular weight is 297 g/mol. The Hall–Kier alpha value is -1.17. The van der Waals surface area contributed by atoms with E-state index in [-0.39, 0.29) is 5.82 Å². The summed E-state index contributed by atoms with van der Waals surface area (Å²) < 4.78 is 19.0. The van der Waals surface area contributed by atoms with Gasteiger partial charge in [0, 0.05) is 50.9 Å². The molecule has 0 aromatic heterocycles. The number of aliphatic hydroxyl groups excluding tert-OH is 1. The van der Waals surface area contributed by atoms with Crippen molar-refractivity contribution in [3.8, 4) is 0 Å². The Kier molecular flexibility index (Phi) is 4.86. The van der Waals surface area contributed by atoms with Crippen LogP contribution in [0.1, 0.15) is 37.0 Å². The van der Waals surface area contributed by atoms with E-state index in [0.29, 0.717) is 43.7 Å². The molecule has 1 saturated heterocycles. The lowest BCUT2D eigenvalue weighted by molar-refractivity contribution is -0.0573. The Labute approximate surface area is 125 Å². The van der Waals surface area contributed by atoms with Crippen molar-refractivity contribution in [3.05, 3.63) is 29.1 Å². The van der Waals surface area contributed by atoms with E-state index < -0.39 is 11.7 Å². The molecule has 0 unspecified atom stereocenters. The van der Waals surface area contributed by atoms with Gasteiger partial charge < -0.3 is 19.8 Å². The summed E-state index contributed by atoms with van der Waals surface area (Å²) >= 11 is 0. The van der Waals surface area contributed by atoms with Crippen LogP contribution in [0.5, 0.6) is 0 Å². The first-order valence-corrected chi connectivity index (χ1v) is 7.32. The molecule has 1 aliphatic heterocycles. The predicted octanol–water partition coefficient (Wildman–Crippen LogP) is 2.17. The largest absolute Gasteiger partial charge is 0.389 e. The maximum atomic E-state index is 13.7. The maximum Gasteiger partial charge on any atom is 0.126 e. The lowest BCUT2D eigenvalue weighted by atomic mass is 9.93. The minimum absolute atomic E-state index is 0.326. The molecule has 2 rings (SSSR count). The summed E-state index contributed by atoms with van der Waals surface area (Å²) in [6.45, 7) is 4.85. The number of rotatable bonds is 4. The summed E-state index contributed by atoms with van der Waals surface area (Å²) in [7, 11) is 1.85. The Bertz CT molecular complexity index is 499. The van der Waals surface area contributed by atoms with Gasteiger partial charge in [0.1, 0.15) is 5.82 Å². The summed E-state index contributed by atoms with van der Waals surface area (Å²) in [5.41, 5.74) is 1.02. The van der Waals surface area contributed by atoms with E-state index in [9.17, 15) is 14.6 Å². The molecule has 0 amide bonds. The predicted molar refractivity (Wildman–Crippen MR) is 80.0 cm³/mol. The highest BCUT2D eigenvalue weighted by Gasteiger charge is 2.32. The molecule has 0 aliphatic carbocycles. The second kappa shape index (κ2) is 6.30. The van der Waals surface area contributed by atoms with Crippen molar-refractivity contribution in [2.24, 2.45) is 0 Å². The molecular formula is C16H24FNO3. The maximum absolute atomic E-state index is 13.7. The smallest absolute Gasteiger partial charge is 0.126 e. The third-order valence-corrected chi connectivity index (χ3v) is 4.12. The molecule has 0 radical (unpaired) electrons. The van der Waals surface area contributed by atoms with Crippen LogP contribution in [0.4, 0.5) is 10.1 Å². The number of nitrogens with zero attached hydrogens (tertiary/aromatic N) is 1. The van der Waals surface area contributed by atoms with Gasteiger partial charge in [0.15, 0.2) is 0 Å². The highest BCUT2D eigenvalue weighted by molar-refractivity contribution is 5.56. The second-order valence-electron chi connectivity index (χ2n) is 6.03.